The molecular weight excluding hydrogens is 406 g/mol. The van der Waals surface area contributed by atoms with Crippen LogP contribution >= 0.6 is 0 Å². The van der Waals surface area contributed by atoms with Crippen LogP contribution in [0.1, 0.15) is 60.3 Å². The summed E-state index contributed by atoms with van der Waals surface area (Å²) in [6.45, 7) is 10.4. The molecule has 1 amide bonds. The molecule has 3 aliphatic rings. The van der Waals surface area contributed by atoms with Crippen LogP contribution < -0.4 is 5.32 Å². The molecule has 0 aromatic carbocycles. The van der Waals surface area contributed by atoms with Crippen LogP contribution in [0.15, 0.2) is 23.3 Å². The van der Waals surface area contributed by atoms with Crippen molar-refractivity contribution in [2.75, 3.05) is 13.7 Å². The summed E-state index contributed by atoms with van der Waals surface area (Å²) in [7, 11) is 1.49. The van der Waals surface area contributed by atoms with E-state index in [9.17, 15) is 19.8 Å². The van der Waals surface area contributed by atoms with Gasteiger partial charge in [-0.25, -0.2) is 0 Å². The lowest BCUT2D eigenvalue weighted by Crippen LogP contribution is -2.53. The number of ether oxygens (including phenoxy) is 1. The Hall–Kier alpha value is -1.50. The zero-order valence-electron chi connectivity index (χ0n) is 20.4. The van der Waals surface area contributed by atoms with Crippen molar-refractivity contribution in [3.8, 4) is 0 Å². The van der Waals surface area contributed by atoms with E-state index in [1.165, 1.54) is 12.7 Å². The van der Waals surface area contributed by atoms with Crippen molar-refractivity contribution in [3.05, 3.63) is 23.3 Å². The van der Waals surface area contributed by atoms with Crippen LogP contribution in [0.2, 0.25) is 0 Å². The van der Waals surface area contributed by atoms with E-state index in [2.05, 4.69) is 45.2 Å². The molecule has 0 saturated carbocycles. The molecule has 0 aromatic rings. The summed E-state index contributed by atoms with van der Waals surface area (Å²) in [5, 5.41) is 23.9. The fraction of sp³-hybridized carbons (Fsp3) is 0.769. The average molecular weight is 448 g/mol. The Labute approximate surface area is 192 Å². The number of aliphatic hydroxyl groups excluding tert-OH is 2. The fourth-order valence-corrected chi connectivity index (χ4v) is 6.48. The van der Waals surface area contributed by atoms with Gasteiger partial charge in [0.25, 0.3) is 0 Å². The van der Waals surface area contributed by atoms with Crippen LogP contribution in [0.3, 0.4) is 0 Å². The first kappa shape index (κ1) is 25.1. The largest absolute Gasteiger partial charge is 0.396 e. The van der Waals surface area contributed by atoms with Crippen molar-refractivity contribution < 1.29 is 24.5 Å². The van der Waals surface area contributed by atoms with Gasteiger partial charge in [-0.05, 0) is 50.9 Å². The Bertz CT molecular complexity index is 787. The van der Waals surface area contributed by atoms with E-state index >= 15 is 0 Å². The third-order valence-electron chi connectivity index (χ3n) is 8.09. The van der Waals surface area contributed by atoms with E-state index in [4.69, 9.17) is 4.74 Å². The quantitative estimate of drug-likeness (QED) is 0.455. The minimum absolute atomic E-state index is 0.0167. The minimum Gasteiger partial charge on any atom is -0.396 e. The summed E-state index contributed by atoms with van der Waals surface area (Å²) in [5.41, 5.74) is 1.03. The molecule has 2 aliphatic carbocycles. The van der Waals surface area contributed by atoms with Crippen LogP contribution in [0.4, 0.5) is 0 Å². The zero-order valence-corrected chi connectivity index (χ0v) is 20.4. The molecule has 1 fully saturated rings. The topological polar surface area (TPSA) is 95.9 Å². The van der Waals surface area contributed by atoms with Crippen molar-refractivity contribution in [1.82, 2.24) is 5.32 Å². The highest BCUT2D eigenvalue weighted by Crippen LogP contribution is 2.55. The van der Waals surface area contributed by atoms with Gasteiger partial charge in [0.2, 0.25) is 5.91 Å². The van der Waals surface area contributed by atoms with Gasteiger partial charge in [-0.15, -0.1) is 0 Å². The van der Waals surface area contributed by atoms with Crippen LogP contribution in [0, 0.1) is 35.0 Å². The zero-order chi connectivity index (χ0) is 23.8. The molecule has 32 heavy (non-hydrogen) atoms. The molecule has 8 atom stereocenters. The number of amides is 1. The number of carbonyl (C=O) groups is 2. The standard InChI is InChI=1S/C26H41NO5/c1-14(2)7-20-24-17(5)16(4)10-19-9-15(3)8-18(13-28)11-21(29)22(32-6)12-23(30)26(19,24)25(31)27-20/h9-10,14,17-22,24,28-29H,7-8,11-13H2,1-6H3,(H,27,31). The minimum atomic E-state index is -1.20. The molecule has 3 rings (SSSR count). The number of hydrogen-bond donors (Lipinski definition) is 3. The van der Waals surface area contributed by atoms with E-state index in [1.807, 2.05) is 6.92 Å². The number of rotatable bonds is 4. The van der Waals surface area contributed by atoms with Crippen molar-refractivity contribution >= 4 is 11.7 Å². The Balaban J connectivity index is 2.19. The molecule has 0 radical (unpaired) electrons. The second-order valence-corrected chi connectivity index (χ2v) is 10.8. The molecule has 1 heterocycles. The van der Waals surface area contributed by atoms with Gasteiger partial charge in [0.1, 0.15) is 5.41 Å². The average Bonchev–Trinajstić information content (AvgIpc) is 3.00. The maximum Gasteiger partial charge on any atom is 0.235 e. The molecule has 8 unspecified atom stereocenters. The Kier molecular flexibility index (Phi) is 7.68. The van der Waals surface area contributed by atoms with Gasteiger partial charge in [-0.2, -0.15) is 0 Å². The molecule has 1 saturated heterocycles. The first-order valence-electron chi connectivity index (χ1n) is 12.1. The van der Waals surface area contributed by atoms with Crippen molar-refractivity contribution in [2.45, 2.75) is 78.6 Å². The molecule has 1 aliphatic heterocycles. The van der Waals surface area contributed by atoms with E-state index < -0.39 is 17.6 Å². The first-order valence-corrected chi connectivity index (χ1v) is 12.1. The molecule has 0 bridgehead atoms. The number of methoxy groups -OCH3 is 1. The monoisotopic (exact) mass is 447 g/mol. The highest BCUT2D eigenvalue weighted by Gasteiger charge is 2.65. The maximum atomic E-state index is 14.1. The van der Waals surface area contributed by atoms with Gasteiger partial charge >= 0.3 is 0 Å². The summed E-state index contributed by atoms with van der Waals surface area (Å²) in [4.78, 5) is 27.8. The number of Topliss-reactive ketones (excluding diaryl/α,β-unsaturated/α-hetero) is 1. The summed E-state index contributed by atoms with van der Waals surface area (Å²) in [6.07, 6.45) is 4.35. The van der Waals surface area contributed by atoms with Crippen LogP contribution in [0.5, 0.6) is 0 Å². The predicted octanol–water partition coefficient (Wildman–Crippen LogP) is 3.03. The molecule has 3 N–H and O–H groups in total. The van der Waals surface area contributed by atoms with Crippen LogP contribution in [-0.4, -0.2) is 53.9 Å². The molecule has 6 nitrogen and oxygen atoms in total. The Morgan fingerprint density at radius 3 is 2.50 bits per heavy atom. The molecule has 6 heteroatoms. The van der Waals surface area contributed by atoms with Crippen molar-refractivity contribution in [1.29, 1.82) is 0 Å². The van der Waals surface area contributed by atoms with Gasteiger partial charge < -0.3 is 20.3 Å². The molecule has 0 aromatic heterocycles. The third-order valence-corrected chi connectivity index (χ3v) is 8.09. The molecular formula is C26H41NO5. The SMILES string of the molecule is COC1CC(=O)C23C(=O)NC(CC(C)C)C2C(C)C(C)=CC3C=C(C)CC(CO)CC1O. The normalized spacial score (nSPS) is 40.7. The summed E-state index contributed by atoms with van der Waals surface area (Å²) in [5.74, 6) is -0.477. The van der Waals surface area contributed by atoms with Gasteiger partial charge in [-0.3, -0.25) is 9.59 Å². The smallest absolute Gasteiger partial charge is 0.235 e. The van der Waals surface area contributed by atoms with Crippen LogP contribution in [0.25, 0.3) is 0 Å². The summed E-state index contributed by atoms with van der Waals surface area (Å²) in [6, 6.07) is -0.0671. The number of carbonyl (C=O) groups excluding carboxylic acids is 2. The number of allylic oxidation sites excluding steroid dienone is 4. The van der Waals surface area contributed by atoms with Crippen molar-refractivity contribution in [2.24, 2.45) is 35.0 Å². The van der Waals surface area contributed by atoms with Gasteiger partial charge in [0, 0.05) is 38.0 Å². The van der Waals surface area contributed by atoms with Gasteiger partial charge in [0.15, 0.2) is 5.78 Å². The number of aliphatic hydroxyl groups is 2. The Morgan fingerprint density at radius 2 is 1.91 bits per heavy atom. The van der Waals surface area contributed by atoms with E-state index in [0.29, 0.717) is 18.8 Å². The van der Waals surface area contributed by atoms with Gasteiger partial charge in [0.05, 0.1) is 12.2 Å². The van der Waals surface area contributed by atoms with E-state index in [0.717, 1.165) is 12.0 Å². The molecule has 180 valence electrons. The fourth-order valence-electron chi connectivity index (χ4n) is 6.48. The Morgan fingerprint density at radius 1 is 1.22 bits per heavy atom. The lowest BCUT2D eigenvalue weighted by Gasteiger charge is -2.45. The summed E-state index contributed by atoms with van der Waals surface area (Å²) >= 11 is 0. The first-order chi connectivity index (χ1) is 15.1. The number of ketones is 1. The number of hydrogen-bond acceptors (Lipinski definition) is 5. The van der Waals surface area contributed by atoms with Gasteiger partial charge in [-0.1, -0.05) is 44.1 Å². The highest BCUT2D eigenvalue weighted by atomic mass is 16.5. The lowest BCUT2D eigenvalue weighted by molar-refractivity contribution is -0.148. The predicted molar refractivity (Wildman–Crippen MR) is 124 cm³/mol. The molecule has 1 spiro atoms. The lowest BCUT2D eigenvalue weighted by atomic mass is 9.54. The van der Waals surface area contributed by atoms with Crippen molar-refractivity contribution in [3.63, 3.8) is 0 Å². The number of nitrogens with one attached hydrogen (secondary N) is 1. The van der Waals surface area contributed by atoms with E-state index in [1.54, 1.807) is 0 Å². The summed E-state index contributed by atoms with van der Waals surface area (Å²) < 4.78 is 5.55. The second-order valence-electron chi connectivity index (χ2n) is 10.8. The van der Waals surface area contributed by atoms with E-state index in [-0.39, 0.29) is 54.4 Å². The highest BCUT2D eigenvalue weighted by molar-refractivity contribution is 6.09. The maximum absolute atomic E-state index is 14.1. The van der Waals surface area contributed by atoms with Crippen LogP contribution in [-0.2, 0) is 14.3 Å². The third kappa shape index (κ3) is 4.34. The second kappa shape index (κ2) is 9.78.